The van der Waals surface area contributed by atoms with Crippen LogP contribution in [0.3, 0.4) is 0 Å². The van der Waals surface area contributed by atoms with Crippen molar-refractivity contribution in [1.29, 1.82) is 0 Å². The Labute approximate surface area is 236 Å². The number of hydrogen-bond acceptors (Lipinski definition) is 2. The number of unbranched alkanes of at least 4 members (excludes halogenated alkanes) is 3. The average Bonchev–Trinajstić information content (AvgIpc) is 3.18. The van der Waals surface area contributed by atoms with E-state index in [0.29, 0.717) is 35.3 Å². The second-order valence-electron chi connectivity index (χ2n) is 13.2. The number of rotatable bonds is 12. The third kappa shape index (κ3) is 5.19. The van der Waals surface area contributed by atoms with Crippen molar-refractivity contribution in [1.82, 2.24) is 0 Å². The van der Waals surface area contributed by atoms with Crippen LogP contribution in [-0.4, -0.2) is 40.1 Å². The predicted molar refractivity (Wildman–Crippen MR) is 161 cm³/mol. The minimum atomic E-state index is -2.84. The molecule has 0 unspecified atom stereocenters. The molecule has 0 saturated heterocycles. The SMILES string of the molecule is C=[C]([C@]1(O)CC[C@H]2[C@@H]3CCc4cc(O)ccc4[C@H]3[C@@H](CCl)C[C@@]21C)[Sn]([CH2]CCC)([CH2]CCC)[CH2]CCC. The zero-order valence-electron chi connectivity index (χ0n) is 24.1. The van der Waals surface area contributed by atoms with Gasteiger partial charge in [0.05, 0.1) is 0 Å². The van der Waals surface area contributed by atoms with Gasteiger partial charge < -0.3 is 0 Å². The Kier molecular flexibility index (Phi) is 9.76. The molecule has 2 saturated carbocycles. The predicted octanol–water partition coefficient (Wildman–Crippen LogP) is 9.39. The van der Waals surface area contributed by atoms with Crippen molar-refractivity contribution in [2.45, 2.75) is 123 Å². The Bertz CT molecular complexity index is 924. The average molecular weight is 636 g/mol. The number of aliphatic hydroxyl groups is 1. The van der Waals surface area contributed by atoms with Crippen molar-refractivity contribution in [2.75, 3.05) is 5.88 Å². The van der Waals surface area contributed by atoms with Crippen molar-refractivity contribution in [3.05, 3.63) is 39.5 Å². The van der Waals surface area contributed by atoms with Gasteiger partial charge in [0.1, 0.15) is 0 Å². The molecule has 0 heterocycles. The number of aromatic hydroxyl groups is 1. The second-order valence-corrected chi connectivity index (χ2v) is 26.8. The number of benzene rings is 1. The van der Waals surface area contributed by atoms with Crippen LogP contribution < -0.4 is 0 Å². The van der Waals surface area contributed by atoms with Gasteiger partial charge in [0, 0.05) is 0 Å². The van der Waals surface area contributed by atoms with Crippen LogP contribution in [0, 0.1) is 23.2 Å². The van der Waals surface area contributed by atoms with Gasteiger partial charge in [-0.25, -0.2) is 0 Å². The van der Waals surface area contributed by atoms with Crippen molar-refractivity contribution in [3.63, 3.8) is 0 Å². The first kappa shape index (κ1) is 29.8. The molecule has 4 rings (SSSR count). The van der Waals surface area contributed by atoms with Crippen LogP contribution in [0.4, 0.5) is 0 Å². The number of hydrogen-bond donors (Lipinski definition) is 2. The van der Waals surface area contributed by atoms with Crippen molar-refractivity contribution < 1.29 is 10.2 Å². The van der Waals surface area contributed by atoms with E-state index < -0.39 is 24.0 Å². The molecule has 0 bridgehead atoms. The molecule has 2 fully saturated rings. The second kappa shape index (κ2) is 12.1. The minimum absolute atomic E-state index is 0.133. The number of fused-ring (bicyclic) bond motifs is 5. The van der Waals surface area contributed by atoms with E-state index in [-0.39, 0.29) is 5.41 Å². The van der Waals surface area contributed by atoms with Gasteiger partial charge in [-0.3, -0.25) is 0 Å². The summed E-state index contributed by atoms with van der Waals surface area (Å²) in [5.74, 6) is 2.91. The maximum absolute atomic E-state index is 13.0. The van der Waals surface area contributed by atoms with E-state index in [1.165, 1.54) is 66.6 Å². The van der Waals surface area contributed by atoms with E-state index in [2.05, 4.69) is 33.8 Å². The Hall–Kier alpha value is -0.191. The topological polar surface area (TPSA) is 40.5 Å². The molecule has 1 aromatic carbocycles. The van der Waals surface area contributed by atoms with E-state index in [9.17, 15) is 10.2 Å². The summed E-state index contributed by atoms with van der Waals surface area (Å²) in [7, 11) is 0. The molecule has 37 heavy (non-hydrogen) atoms. The van der Waals surface area contributed by atoms with Crippen LogP contribution >= 0.6 is 11.6 Å². The van der Waals surface area contributed by atoms with Gasteiger partial charge >= 0.3 is 238 Å². The van der Waals surface area contributed by atoms with Gasteiger partial charge in [-0.1, -0.05) is 0 Å². The molecule has 0 spiro atoms. The van der Waals surface area contributed by atoms with Crippen LogP contribution in [0.25, 0.3) is 0 Å². The molecule has 2 N–H and O–H groups in total. The number of alkyl halides is 1. The normalized spacial score (nSPS) is 33.0. The van der Waals surface area contributed by atoms with Gasteiger partial charge in [0.2, 0.25) is 0 Å². The fourth-order valence-corrected chi connectivity index (χ4v) is 26.9. The summed E-state index contributed by atoms with van der Waals surface area (Å²) in [5, 5.41) is 23.1. The third-order valence-electron chi connectivity index (χ3n) is 11.3. The van der Waals surface area contributed by atoms with Gasteiger partial charge in [-0.15, -0.1) is 0 Å². The fourth-order valence-electron chi connectivity index (χ4n) is 9.33. The Balaban J connectivity index is 1.72. The van der Waals surface area contributed by atoms with E-state index >= 15 is 0 Å². The standard InChI is InChI=1S/C21H26ClO2.3C4H9.Sn/c1-3-21(24)9-8-18-17-6-4-13-10-15(23)5-7-16(13)19(17)14(12-22)11-20(18,21)2;3*1-3-4-2;/h5,7,10,14,17-19,23-24H,1,4,6,8-9,11-12H2,2H3;3*1,3-4H2,2H3;/t14-,17+,18+,19-,20+,21+;;;;/m1..../s1. The van der Waals surface area contributed by atoms with Crippen LogP contribution in [0.2, 0.25) is 13.3 Å². The van der Waals surface area contributed by atoms with Crippen LogP contribution in [0.1, 0.15) is 109 Å². The number of phenols is 1. The molecule has 2 nitrogen and oxygen atoms in total. The third-order valence-corrected chi connectivity index (χ3v) is 27.8. The van der Waals surface area contributed by atoms with Crippen LogP contribution in [0.5, 0.6) is 5.75 Å². The van der Waals surface area contributed by atoms with Crippen molar-refractivity contribution in [2.24, 2.45) is 23.2 Å². The molecular weight excluding hydrogens is 583 g/mol. The molecule has 3 aliphatic carbocycles. The summed E-state index contributed by atoms with van der Waals surface area (Å²) >= 11 is 3.93. The zero-order chi connectivity index (χ0) is 26.8. The van der Waals surface area contributed by atoms with Gasteiger partial charge in [0.25, 0.3) is 0 Å². The van der Waals surface area contributed by atoms with E-state index in [1.54, 1.807) is 0 Å². The molecule has 3 aliphatic rings. The number of aryl methyl sites for hydroxylation is 1. The van der Waals surface area contributed by atoms with E-state index in [0.717, 1.165) is 32.1 Å². The van der Waals surface area contributed by atoms with E-state index in [4.69, 9.17) is 18.2 Å². The Morgan fingerprint density at radius 3 is 2.24 bits per heavy atom. The fraction of sp³-hybridized carbons (Fsp3) is 0.758. The Morgan fingerprint density at radius 2 is 1.68 bits per heavy atom. The molecule has 0 aliphatic heterocycles. The summed E-state index contributed by atoms with van der Waals surface area (Å²) in [5.41, 5.74) is 1.87. The molecule has 6 atom stereocenters. The number of halogens is 1. The molecule has 1 aromatic rings. The quantitative estimate of drug-likeness (QED) is 0.177. The molecule has 0 aromatic heterocycles. The summed E-state index contributed by atoms with van der Waals surface area (Å²) in [6.45, 7) is 14.4. The molecular formula is C33H53ClO2Sn. The summed E-state index contributed by atoms with van der Waals surface area (Å²) in [6, 6.07) is 6.02. The molecule has 4 heteroatoms. The Morgan fingerprint density at radius 1 is 1.05 bits per heavy atom. The first-order valence-electron chi connectivity index (χ1n) is 15.5. The summed E-state index contributed by atoms with van der Waals surface area (Å²) in [6.07, 6.45) is 12.8. The first-order valence-corrected chi connectivity index (χ1v) is 23.5. The van der Waals surface area contributed by atoms with Crippen LogP contribution in [0.15, 0.2) is 28.4 Å². The van der Waals surface area contributed by atoms with Crippen LogP contribution in [-0.2, 0) is 6.42 Å². The van der Waals surface area contributed by atoms with Gasteiger partial charge in [0.15, 0.2) is 0 Å². The van der Waals surface area contributed by atoms with Crippen molar-refractivity contribution in [3.8, 4) is 5.75 Å². The van der Waals surface area contributed by atoms with Gasteiger partial charge in [-0.05, 0) is 0 Å². The summed E-state index contributed by atoms with van der Waals surface area (Å²) < 4.78 is 5.49. The van der Waals surface area contributed by atoms with Crippen molar-refractivity contribution >= 4 is 30.0 Å². The number of phenolic OH excluding ortho intramolecular Hbond substituents is 1. The first-order chi connectivity index (χ1) is 17.7. The zero-order valence-corrected chi connectivity index (χ0v) is 27.7. The molecule has 0 amide bonds. The van der Waals surface area contributed by atoms with Gasteiger partial charge in [-0.2, -0.15) is 0 Å². The van der Waals surface area contributed by atoms with E-state index in [1.807, 2.05) is 12.1 Å². The summed E-state index contributed by atoms with van der Waals surface area (Å²) in [4.78, 5) is 0. The monoisotopic (exact) mass is 636 g/mol. The molecule has 0 radical (unpaired) electrons. The maximum atomic E-state index is 13.0. The molecule has 208 valence electrons.